The van der Waals surface area contributed by atoms with Gasteiger partial charge in [-0.3, -0.25) is 4.79 Å². The van der Waals surface area contributed by atoms with Crippen molar-refractivity contribution in [3.05, 3.63) is 33.7 Å². The van der Waals surface area contributed by atoms with Crippen LogP contribution in [-0.2, 0) is 0 Å². The van der Waals surface area contributed by atoms with Crippen molar-refractivity contribution >= 4 is 0 Å². The third-order valence-corrected chi connectivity index (χ3v) is 2.94. The Labute approximate surface area is 89.0 Å². The Kier molecular flexibility index (Phi) is 2.36. The predicted octanol–water partition coefficient (Wildman–Crippen LogP) is 1.94. The largest absolute Gasteiger partial charge is 0.332 e. The summed E-state index contributed by atoms with van der Waals surface area (Å²) in [6.07, 6.45) is 2.26. The van der Waals surface area contributed by atoms with Crippen molar-refractivity contribution in [2.24, 2.45) is 5.92 Å². The number of aryl methyl sites for hydroxylation is 2. The summed E-state index contributed by atoms with van der Waals surface area (Å²) in [4.78, 5) is 11.3. The molecule has 1 aromatic heterocycles. The quantitative estimate of drug-likeness (QED) is 0.735. The molecule has 1 atom stereocenters. The van der Waals surface area contributed by atoms with Gasteiger partial charge in [0, 0.05) is 23.5 Å². The smallest absolute Gasteiger partial charge is 0.182 e. The van der Waals surface area contributed by atoms with Gasteiger partial charge in [-0.25, -0.2) is 0 Å². The summed E-state index contributed by atoms with van der Waals surface area (Å²) in [5.41, 5.74) is 1.80. The molecule has 0 spiro atoms. The summed E-state index contributed by atoms with van der Waals surface area (Å²) in [5, 5.41) is 9.16. The Bertz CT molecular complexity index is 451. The maximum atomic E-state index is 11.3. The zero-order valence-corrected chi connectivity index (χ0v) is 9.03. The van der Waals surface area contributed by atoms with Crippen molar-refractivity contribution in [3.8, 4) is 6.07 Å². The zero-order valence-electron chi connectivity index (χ0n) is 9.03. The Morgan fingerprint density at radius 1 is 1.40 bits per heavy atom. The second kappa shape index (κ2) is 3.54. The second-order valence-electron chi connectivity index (χ2n) is 4.26. The van der Waals surface area contributed by atoms with Crippen LogP contribution in [0.4, 0.5) is 0 Å². The summed E-state index contributed by atoms with van der Waals surface area (Å²) in [6.45, 7) is 3.78. The number of pyridine rings is 1. The van der Waals surface area contributed by atoms with E-state index in [0.29, 0.717) is 5.92 Å². The molecule has 0 amide bonds. The minimum atomic E-state index is -0.0920. The molecule has 1 aliphatic carbocycles. The van der Waals surface area contributed by atoms with E-state index in [-0.39, 0.29) is 11.5 Å². The third-order valence-electron chi connectivity index (χ3n) is 2.94. The fourth-order valence-electron chi connectivity index (χ4n) is 2.10. The topological polar surface area (TPSA) is 45.8 Å². The lowest BCUT2D eigenvalue weighted by Crippen LogP contribution is -2.18. The first-order valence-electron chi connectivity index (χ1n) is 5.23. The molecule has 1 heterocycles. The number of nitriles is 1. The van der Waals surface area contributed by atoms with Crippen molar-refractivity contribution in [1.29, 1.82) is 5.26 Å². The summed E-state index contributed by atoms with van der Waals surface area (Å²) >= 11 is 0. The standard InChI is InChI=1S/C12H14N2O/c1-8-5-11(15)6-9(2)14(8)12(7-13)10-3-4-10/h5-6,10,12H,3-4H2,1-2H3. The van der Waals surface area contributed by atoms with Crippen LogP contribution in [0.1, 0.15) is 30.3 Å². The molecule has 2 rings (SSSR count). The lowest BCUT2D eigenvalue weighted by atomic mass is 10.1. The van der Waals surface area contributed by atoms with E-state index in [4.69, 9.17) is 5.26 Å². The normalized spacial score (nSPS) is 17.1. The molecule has 0 bridgehead atoms. The monoisotopic (exact) mass is 202 g/mol. The minimum absolute atomic E-state index is 0.0220. The molecule has 0 radical (unpaired) electrons. The van der Waals surface area contributed by atoms with E-state index >= 15 is 0 Å². The van der Waals surface area contributed by atoms with Crippen LogP contribution in [0.2, 0.25) is 0 Å². The third kappa shape index (κ3) is 1.80. The van der Waals surface area contributed by atoms with Crippen LogP contribution >= 0.6 is 0 Å². The van der Waals surface area contributed by atoms with Gasteiger partial charge in [0.1, 0.15) is 6.04 Å². The van der Waals surface area contributed by atoms with Crippen LogP contribution in [0, 0.1) is 31.1 Å². The number of hydrogen-bond acceptors (Lipinski definition) is 2. The first-order chi connectivity index (χ1) is 7.13. The van der Waals surface area contributed by atoms with Crippen LogP contribution in [0.15, 0.2) is 16.9 Å². The van der Waals surface area contributed by atoms with E-state index in [1.807, 2.05) is 18.4 Å². The highest BCUT2D eigenvalue weighted by Crippen LogP contribution is 2.40. The molecule has 1 aliphatic rings. The summed E-state index contributed by atoms with van der Waals surface area (Å²) in [6, 6.07) is 5.44. The summed E-state index contributed by atoms with van der Waals surface area (Å²) in [5.74, 6) is 0.481. The van der Waals surface area contributed by atoms with E-state index in [1.165, 1.54) is 0 Å². The minimum Gasteiger partial charge on any atom is -0.332 e. The van der Waals surface area contributed by atoms with E-state index in [1.54, 1.807) is 12.1 Å². The van der Waals surface area contributed by atoms with Crippen molar-refractivity contribution in [1.82, 2.24) is 4.57 Å². The van der Waals surface area contributed by atoms with E-state index in [9.17, 15) is 4.79 Å². The van der Waals surface area contributed by atoms with Gasteiger partial charge in [-0.05, 0) is 32.6 Å². The molecule has 1 aromatic rings. The first-order valence-corrected chi connectivity index (χ1v) is 5.23. The van der Waals surface area contributed by atoms with E-state index < -0.39 is 0 Å². The van der Waals surface area contributed by atoms with Crippen molar-refractivity contribution in [2.75, 3.05) is 0 Å². The molecule has 0 N–H and O–H groups in total. The Morgan fingerprint density at radius 2 is 1.93 bits per heavy atom. The van der Waals surface area contributed by atoms with Crippen LogP contribution in [0.5, 0.6) is 0 Å². The number of aromatic nitrogens is 1. The van der Waals surface area contributed by atoms with Crippen LogP contribution in [-0.4, -0.2) is 4.57 Å². The molecule has 0 aliphatic heterocycles. The Hall–Kier alpha value is -1.56. The van der Waals surface area contributed by atoms with Gasteiger partial charge in [0.05, 0.1) is 6.07 Å². The van der Waals surface area contributed by atoms with Gasteiger partial charge in [0.2, 0.25) is 0 Å². The molecule has 15 heavy (non-hydrogen) atoms. The molecular formula is C12H14N2O. The van der Waals surface area contributed by atoms with Crippen molar-refractivity contribution in [3.63, 3.8) is 0 Å². The van der Waals surface area contributed by atoms with E-state index in [2.05, 4.69) is 6.07 Å². The van der Waals surface area contributed by atoms with Crippen LogP contribution in [0.3, 0.4) is 0 Å². The molecular weight excluding hydrogens is 188 g/mol. The molecule has 1 saturated carbocycles. The zero-order chi connectivity index (χ0) is 11.0. The molecule has 1 fully saturated rings. The lowest BCUT2D eigenvalue weighted by molar-refractivity contribution is 0.521. The van der Waals surface area contributed by atoms with Crippen molar-refractivity contribution < 1.29 is 0 Å². The summed E-state index contributed by atoms with van der Waals surface area (Å²) < 4.78 is 1.99. The highest BCUT2D eigenvalue weighted by molar-refractivity contribution is 5.17. The van der Waals surface area contributed by atoms with Gasteiger partial charge >= 0.3 is 0 Å². The Morgan fingerprint density at radius 3 is 2.33 bits per heavy atom. The van der Waals surface area contributed by atoms with Gasteiger partial charge in [-0.2, -0.15) is 5.26 Å². The van der Waals surface area contributed by atoms with Gasteiger partial charge in [-0.15, -0.1) is 0 Å². The highest BCUT2D eigenvalue weighted by Gasteiger charge is 2.33. The summed E-state index contributed by atoms with van der Waals surface area (Å²) in [7, 11) is 0. The van der Waals surface area contributed by atoms with Crippen LogP contribution < -0.4 is 5.43 Å². The first kappa shape index (κ1) is 9.97. The molecule has 3 nitrogen and oxygen atoms in total. The molecule has 1 unspecified atom stereocenters. The average Bonchev–Trinajstić information content (AvgIpc) is 2.94. The second-order valence-corrected chi connectivity index (χ2v) is 4.26. The van der Waals surface area contributed by atoms with Crippen LogP contribution in [0.25, 0.3) is 0 Å². The Balaban J connectivity index is 2.51. The lowest BCUT2D eigenvalue weighted by Gasteiger charge is -2.19. The fourth-order valence-corrected chi connectivity index (χ4v) is 2.10. The molecule has 3 heteroatoms. The van der Waals surface area contributed by atoms with E-state index in [0.717, 1.165) is 24.2 Å². The molecule has 0 aromatic carbocycles. The van der Waals surface area contributed by atoms with Gasteiger partial charge < -0.3 is 4.57 Å². The average molecular weight is 202 g/mol. The van der Waals surface area contributed by atoms with Gasteiger partial charge in [0.25, 0.3) is 0 Å². The highest BCUT2D eigenvalue weighted by atomic mass is 16.1. The number of hydrogen-bond donors (Lipinski definition) is 0. The predicted molar refractivity (Wildman–Crippen MR) is 57.6 cm³/mol. The maximum absolute atomic E-state index is 11.3. The van der Waals surface area contributed by atoms with Crippen molar-refractivity contribution in [2.45, 2.75) is 32.7 Å². The van der Waals surface area contributed by atoms with Gasteiger partial charge in [0.15, 0.2) is 5.43 Å². The van der Waals surface area contributed by atoms with Gasteiger partial charge in [-0.1, -0.05) is 0 Å². The fraction of sp³-hybridized carbons (Fsp3) is 0.500. The SMILES string of the molecule is Cc1cc(=O)cc(C)n1C(C#N)C1CC1. The molecule has 78 valence electrons. The maximum Gasteiger partial charge on any atom is 0.182 e. The molecule has 0 saturated heterocycles. The number of rotatable bonds is 2. The number of nitrogens with zero attached hydrogens (tertiary/aromatic N) is 2.